The summed E-state index contributed by atoms with van der Waals surface area (Å²) >= 11 is 1.41. The second-order valence-electron chi connectivity index (χ2n) is 6.86. The lowest BCUT2D eigenvalue weighted by molar-refractivity contribution is -0.286. The first-order chi connectivity index (χ1) is 13.3. The summed E-state index contributed by atoms with van der Waals surface area (Å²) in [6, 6.07) is 5.70. The van der Waals surface area contributed by atoms with Crippen LogP contribution in [0.15, 0.2) is 24.3 Å². The van der Waals surface area contributed by atoms with Crippen molar-refractivity contribution in [1.82, 2.24) is 0 Å². The van der Waals surface area contributed by atoms with E-state index < -0.39 is 24.8 Å². The average molecular weight is 409 g/mol. The van der Waals surface area contributed by atoms with E-state index in [4.69, 9.17) is 4.74 Å². The summed E-state index contributed by atoms with van der Waals surface area (Å²) in [5, 5.41) is 2.47. The van der Waals surface area contributed by atoms with Gasteiger partial charge in [-0.05, 0) is 48.9 Å². The molecule has 1 aromatic heterocycles. The molecule has 0 saturated carbocycles. The van der Waals surface area contributed by atoms with Gasteiger partial charge in [0.25, 0.3) is 5.91 Å². The number of thiophene rings is 1. The van der Waals surface area contributed by atoms with Crippen LogP contribution in [0, 0.1) is 5.92 Å². The minimum atomic E-state index is -3.72. The number of nitrogens with one attached hydrogen (secondary N) is 1. The Balaban J connectivity index is 1.32. The summed E-state index contributed by atoms with van der Waals surface area (Å²) < 4.78 is 39.7. The fraction of sp³-hybridized carbons (Fsp3) is 0.368. The Morgan fingerprint density at radius 1 is 1.29 bits per heavy atom. The molecule has 1 atom stereocenters. The van der Waals surface area contributed by atoms with Gasteiger partial charge in [-0.15, -0.1) is 20.1 Å². The van der Waals surface area contributed by atoms with E-state index in [2.05, 4.69) is 21.7 Å². The molecule has 0 radical (unpaired) electrons. The lowest BCUT2D eigenvalue weighted by Crippen LogP contribution is -2.25. The van der Waals surface area contributed by atoms with Crippen molar-refractivity contribution in [3.8, 4) is 11.5 Å². The number of ether oxygens (including phenoxy) is 3. The Bertz CT molecular complexity index is 942. The van der Waals surface area contributed by atoms with Crippen LogP contribution in [0.3, 0.4) is 0 Å². The maximum absolute atomic E-state index is 13.0. The van der Waals surface area contributed by atoms with Crippen molar-refractivity contribution in [3.63, 3.8) is 0 Å². The molecule has 0 spiro atoms. The third-order valence-corrected chi connectivity index (χ3v) is 5.77. The van der Waals surface area contributed by atoms with Gasteiger partial charge in [0.15, 0.2) is 18.1 Å². The Kier molecular flexibility index (Phi) is 4.70. The highest BCUT2D eigenvalue weighted by Crippen LogP contribution is 2.42. The SMILES string of the molecule is C[C@@H]1CCc2sc(C(=O)OCC(=O)Nc3ccc4c(c3)OC(F)(F)O4)cc2C1. The van der Waals surface area contributed by atoms with Crippen LogP contribution in [0.4, 0.5) is 14.5 Å². The standard InChI is InChI=1S/C19H17F2NO5S/c1-10-2-5-15-11(6-10)7-16(28-15)18(24)25-9-17(23)22-12-3-4-13-14(8-12)27-19(20,21)26-13/h3-4,7-8,10H,2,5-6,9H2,1H3,(H,22,23)/t10-/m1/s1. The fourth-order valence-corrected chi connectivity index (χ4v) is 4.33. The summed E-state index contributed by atoms with van der Waals surface area (Å²) in [5.41, 5.74) is 1.40. The van der Waals surface area contributed by atoms with Gasteiger partial charge in [-0.2, -0.15) is 0 Å². The summed E-state index contributed by atoms with van der Waals surface area (Å²) in [6.07, 6.45) is -0.717. The zero-order valence-corrected chi connectivity index (χ0v) is 15.7. The van der Waals surface area contributed by atoms with Gasteiger partial charge in [0.1, 0.15) is 4.88 Å². The maximum atomic E-state index is 13.0. The molecule has 6 nitrogen and oxygen atoms in total. The molecule has 2 aliphatic rings. The van der Waals surface area contributed by atoms with E-state index in [0.717, 1.165) is 19.3 Å². The maximum Gasteiger partial charge on any atom is 0.586 e. The van der Waals surface area contributed by atoms with Crippen LogP contribution >= 0.6 is 11.3 Å². The van der Waals surface area contributed by atoms with Crippen LogP contribution in [0.1, 0.15) is 33.5 Å². The van der Waals surface area contributed by atoms with Crippen LogP contribution in [0.25, 0.3) is 0 Å². The number of alkyl halides is 2. The third kappa shape index (κ3) is 3.94. The van der Waals surface area contributed by atoms with Crippen LogP contribution in [-0.4, -0.2) is 24.8 Å². The van der Waals surface area contributed by atoms with Gasteiger partial charge >= 0.3 is 12.3 Å². The molecule has 28 heavy (non-hydrogen) atoms. The van der Waals surface area contributed by atoms with Crippen molar-refractivity contribution in [1.29, 1.82) is 0 Å². The average Bonchev–Trinajstić information content (AvgIpc) is 3.17. The van der Waals surface area contributed by atoms with E-state index in [1.54, 1.807) is 0 Å². The normalized spacial score (nSPS) is 19.0. The van der Waals surface area contributed by atoms with Gasteiger partial charge in [0.2, 0.25) is 0 Å². The molecule has 1 N–H and O–H groups in total. The van der Waals surface area contributed by atoms with Gasteiger partial charge < -0.3 is 19.5 Å². The highest BCUT2D eigenvalue weighted by molar-refractivity contribution is 7.14. The zero-order valence-electron chi connectivity index (χ0n) is 14.9. The van der Waals surface area contributed by atoms with Gasteiger partial charge in [-0.3, -0.25) is 4.79 Å². The van der Waals surface area contributed by atoms with Gasteiger partial charge in [-0.25, -0.2) is 4.79 Å². The Morgan fingerprint density at radius 2 is 2.07 bits per heavy atom. The fourth-order valence-electron chi connectivity index (χ4n) is 3.23. The van der Waals surface area contributed by atoms with E-state index >= 15 is 0 Å². The molecule has 2 aromatic rings. The zero-order chi connectivity index (χ0) is 19.9. The molecule has 2 heterocycles. The molecule has 1 aliphatic heterocycles. The predicted molar refractivity (Wildman–Crippen MR) is 97.1 cm³/mol. The van der Waals surface area contributed by atoms with Crippen LogP contribution in [-0.2, 0) is 22.4 Å². The first kappa shape index (κ1) is 18.7. The minimum absolute atomic E-state index is 0.120. The molecule has 0 unspecified atom stereocenters. The first-order valence-corrected chi connectivity index (χ1v) is 9.59. The topological polar surface area (TPSA) is 73.9 Å². The van der Waals surface area contributed by atoms with Crippen LogP contribution < -0.4 is 14.8 Å². The van der Waals surface area contributed by atoms with Crippen molar-refractivity contribution in [2.24, 2.45) is 5.92 Å². The summed E-state index contributed by atoms with van der Waals surface area (Å²) in [7, 11) is 0. The molecule has 1 amide bonds. The molecular formula is C19H17F2NO5S. The van der Waals surface area contributed by atoms with Crippen molar-refractivity contribution in [3.05, 3.63) is 39.6 Å². The van der Waals surface area contributed by atoms with Crippen LogP contribution in [0.2, 0.25) is 0 Å². The largest absolute Gasteiger partial charge is 0.586 e. The number of benzene rings is 1. The molecule has 1 aromatic carbocycles. The first-order valence-electron chi connectivity index (χ1n) is 8.77. The lowest BCUT2D eigenvalue weighted by Gasteiger charge is -2.16. The minimum Gasteiger partial charge on any atom is -0.451 e. The quantitative estimate of drug-likeness (QED) is 0.773. The van der Waals surface area contributed by atoms with Crippen molar-refractivity contribution in [2.45, 2.75) is 32.5 Å². The van der Waals surface area contributed by atoms with E-state index in [1.165, 1.54) is 40.0 Å². The Hall–Kier alpha value is -2.68. The van der Waals surface area contributed by atoms with E-state index in [9.17, 15) is 18.4 Å². The molecule has 0 saturated heterocycles. The highest BCUT2D eigenvalue weighted by atomic mass is 32.1. The number of amides is 1. The lowest BCUT2D eigenvalue weighted by atomic mass is 9.90. The second kappa shape index (κ2) is 7.05. The van der Waals surface area contributed by atoms with Gasteiger partial charge in [-0.1, -0.05) is 6.92 Å². The van der Waals surface area contributed by atoms with Crippen molar-refractivity contribution >= 4 is 28.9 Å². The highest BCUT2D eigenvalue weighted by Gasteiger charge is 2.43. The molecule has 4 rings (SSSR count). The Morgan fingerprint density at radius 3 is 2.89 bits per heavy atom. The van der Waals surface area contributed by atoms with E-state index in [1.807, 2.05) is 6.07 Å². The molecule has 0 fully saturated rings. The van der Waals surface area contributed by atoms with Crippen LogP contribution in [0.5, 0.6) is 11.5 Å². The molecule has 1 aliphatic carbocycles. The smallest absolute Gasteiger partial charge is 0.451 e. The number of carbonyl (C=O) groups is 2. The monoisotopic (exact) mass is 409 g/mol. The number of esters is 1. The number of fused-ring (bicyclic) bond motifs is 2. The number of anilines is 1. The number of hydrogen-bond acceptors (Lipinski definition) is 6. The van der Waals surface area contributed by atoms with E-state index in [-0.39, 0.29) is 17.2 Å². The van der Waals surface area contributed by atoms with Gasteiger partial charge in [0.05, 0.1) is 0 Å². The summed E-state index contributed by atoms with van der Waals surface area (Å²) in [4.78, 5) is 25.9. The Labute approximate surface area is 163 Å². The molecule has 0 bridgehead atoms. The summed E-state index contributed by atoms with van der Waals surface area (Å²) in [5.74, 6) is -0.844. The molecular weight excluding hydrogens is 392 g/mol. The summed E-state index contributed by atoms with van der Waals surface area (Å²) in [6.45, 7) is 1.70. The van der Waals surface area contributed by atoms with Crippen molar-refractivity contribution in [2.75, 3.05) is 11.9 Å². The number of hydrogen-bond donors (Lipinski definition) is 1. The second-order valence-corrected chi connectivity index (χ2v) is 8.00. The molecule has 148 valence electrons. The number of halogens is 2. The van der Waals surface area contributed by atoms with E-state index in [0.29, 0.717) is 10.8 Å². The predicted octanol–water partition coefficient (Wildman–Crippen LogP) is 3.99. The number of carbonyl (C=O) groups excluding carboxylic acids is 2. The van der Waals surface area contributed by atoms with Crippen molar-refractivity contribution < 1.29 is 32.6 Å². The number of aryl methyl sites for hydroxylation is 1. The van der Waals surface area contributed by atoms with Gasteiger partial charge in [0, 0.05) is 16.6 Å². The molecule has 9 heteroatoms. The number of rotatable bonds is 4. The third-order valence-electron chi connectivity index (χ3n) is 4.55.